The Labute approximate surface area is 239 Å². The smallest absolute Gasteiger partial charge is 0.269 e. The van der Waals surface area contributed by atoms with Crippen LogP contribution in [0.3, 0.4) is 0 Å². The standard InChI is InChI=1S/C29H33F2N3O8/c1-11-14-5-4-13(10-34-8-6-12(7-9-34)27(30)31)21(35)16(14)22(36)17-15(11)23(37)19-20(33(2)3)24(38)18(28(32)41)26(40)29(19,42)25(17)39/h4-5,11,15,19-20,23,35-37,40,42H,6-10H2,1-3H3,(H2,32,41)/t11-,15+,19+,20-,23-,29-/m0/s1. The maximum Gasteiger partial charge on any atom is 0.269 e. The van der Waals surface area contributed by atoms with Crippen LogP contribution in [0.4, 0.5) is 8.78 Å². The summed E-state index contributed by atoms with van der Waals surface area (Å²) in [4.78, 5) is 42.6. The van der Waals surface area contributed by atoms with E-state index in [1.54, 1.807) is 19.1 Å². The summed E-state index contributed by atoms with van der Waals surface area (Å²) in [6.07, 6.45) is -3.00. The summed E-state index contributed by atoms with van der Waals surface area (Å²) in [5.74, 6) is -9.46. The molecule has 0 spiro atoms. The molecule has 11 nitrogen and oxygen atoms in total. The number of nitrogens with zero attached hydrogens (tertiary/aromatic N) is 2. The molecule has 1 aromatic carbocycles. The number of carbonyl (C=O) groups is 3. The van der Waals surface area contributed by atoms with Crippen LogP contribution in [0.1, 0.15) is 42.4 Å². The number of amides is 1. The van der Waals surface area contributed by atoms with Crippen LogP contribution in [-0.4, -0.2) is 97.7 Å². The van der Waals surface area contributed by atoms with Gasteiger partial charge in [-0.2, -0.15) is 8.78 Å². The van der Waals surface area contributed by atoms with Crippen LogP contribution in [0.2, 0.25) is 0 Å². The fourth-order valence-corrected chi connectivity index (χ4v) is 7.20. The van der Waals surface area contributed by atoms with Crippen LogP contribution in [0, 0.1) is 11.8 Å². The third-order valence-corrected chi connectivity index (χ3v) is 9.33. The van der Waals surface area contributed by atoms with E-state index in [2.05, 4.69) is 0 Å². The Balaban J connectivity index is 1.63. The summed E-state index contributed by atoms with van der Waals surface area (Å²) in [7, 11) is 2.88. The minimum absolute atomic E-state index is 0.0893. The number of hydrogen-bond acceptors (Lipinski definition) is 10. The molecule has 0 unspecified atom stereocenters. The van der Waals surface area contributed by atoms with Gasteiger partial charge >= 0.3 is 0 Å². The van der Waals surface area contributed by atoms with Crippen LogP contribution in [0.5, 0.6) is 5.75 Å². The molecular weight excluding hydrogens is 556 g/mol. The van der Waals surface area contributed by atoms with Crippen molar-refractivity contribution in [3.05, 3.63) is 57.4 Å². The molecule has 1 aliphatic heterocycles. The van der Waals surface area contributed by atoms with Crippen molar-refractivity contribution in [3.63, 3.8) is 0 Å². The van der Waals surface area contributed by atoms with Crippen LogP contribution < -0.4 is 5.73 Å². The molecule has 2 fully saturated rings. The van der Waals surface area contributed by atoms with E-state index in [0.717, 1.165) is 0 Å². The molecule has 1 amide bonds. The number of carbonyl (C=O) groups excluding carboxylic acids is 3. The molecule has 6 atom stereocenters. The van der Waals surface area contributed by atoms with E-state index in [9.17, 15) is 48.7 Å². The Kier molecular flexibility index (Phi) is 7.29. The molecular formula is C29H33F2N3O8. The lowest BCUT2D eigenvalue weighted by Crippen LogP contribution is -2.70. The van der Waals surface area contributed by atoms with Crippen molar-refractivity contribution in [2.75, 3.05) is 27.2 Å². The molecule has 226 valence electrons. The molecule has 1 aromatic rings. The first kappa shape index (κ1) is 29.8. The fraction of sp³-hybridized carbons (Fsp3) is 0.483. The van der Waals surface area contributed by atoms with Gasteiger partial charge in [0.2, 0.25) is 5.78 Å². The topological polar surface area (TPSA) is 185 Å². The number of piperidine rings is 1. The first-order valence-corrected chi connectivity index (χ1v) is 13.6. The van der Waals surface area contributed by atoms with Gasteiger partial charge in [0.15, 0.2) is 11.4 Å². The largest absolute Gasteiger partial charge is 0.508 e. The van der Waals surface area contributed by atoms with Crippen molar-refractivity contribution in [1.82, 2.24) is 9.80 Å². The van der Waals surface area contributed by atoms with Crippen molar-refractivity contribution in [2.45, 2.75) is 50.0 Å². The van der Waals surface area contributed by atoms with Crippen LogP contribution in [-0.2, 0) is 20.9 Å². The number of fused-ring (bicyclic) bond motifs is 3. The number of primary amides is 1. The zero-order chi connectivity index (χ0) is 31.0. The number of benzene rings is 1. The lowest BCUT2D eigenvalue weighted by atomic mass is 9.54. The molecule has 0 bridgehead atoms. The lowest BCUT2D eigenvalue weighted by Gasteiger charge is -2.53. The van der Waals surface area contributed by atoms with Gasteiger partial charge in [0.1, 0.15) is 22.8 Å². The van der Waals surface area contributed by atoms with Crippen molar-refractivity contribution in [3.8, 4) is 5.75 Å². The number of aromatic hydroxyl groups is 1. The van der Waals surface area contributed by atoms with Crippen molar-refractivity contribution >= 4 is 23.2 Å². The van der Waals surface area contributed by atoms with Gasteiger partial charge in [-0.3, -0.25) is 24.2 Å². The Morgan fingerprint density at radius 2 is 1.76 bits per heavy atom. The first-order valence-electron chi connectivity index (χ1n) is 13.6. The summed E-state index contributed by atoms with van der Waals surface area (Å²) in [6, 6.07) is 1.83. The van der Waals surface area contributed by atoms with E-state index in [0.29, 0.717) is 24.2 Å². The van der Waals surface area contributed by atoms with Crippen molar-refractivity contribution < 1.29 is 48.7 Å². The normalized spacial score (nSPS) is 31.7. The van der Waals surface area contributed by atoms with Crippen molar-refractivity contribution in [1.29, 1.82) is 0 Å². The fourth-order valence-electron chi connectivity index (χ4n) is 7.20. The molecule has 0 aromatic heterocycles. The van der Waals surface area contributed by atoms with E-state index in [1.807, 2.05) is 4.90 Å². The summed E-state index contributed by atoms with van der Waals surface area (Å²) in [5.41, 5.74) is 1.64. The molecule has 1 saturated heterocycles. The second kappa shape index (κ2) is 10.3. The van der Waals surface area contributed by atoms with Crippen LogP contribution in [0.25, 0.3) is 5.76 Å². The summed E-state index contributed by atoms with van der Waals surface area (Å²) >= 11 is 0. The lowest BCUT2D eigenvalue weighted by molar-refractivity contribution is -0.169. The van der Waals surface area contributed by atoms with Gasteiger partial charge < -0.3 is 31.3 Å². The van der Waals surface area contributed by atoms with Gasteiger partial charge in [-0.1, -0.05) is 19.1 Å². The number of nitrogens with two attached hydrogens (primary N) is 1. The minimum Gasteiger partial charge on any atom is -0.508 e. The number of ketones is 2. The van der Waals surface area contributed by atoms with E-state index in [1.165, 1.54) is 19.0 Å². The van der Waals surface area contributed by atoms with Crippen LogP contribution in [0.15, 0.2) is 40.7 Å². The van der Waals surface area contributed by atoms with E-state index < -0.39 is 81.7 Å². The zero-order valence-electron chi connectivity index (χ0n) is 23.3. The maximum atomic E-state index is 14.1. The Morgan fingerprint density at radius 3 is 2.31 bits per heavy atom. The third-order valence-electron chi connectivity index (χ3n) is 9.33. The SMILES string of the molecule is C[C@H]1c2ccc(CN3CCC(=C(F)F)CC3)c(O)c2C(O)=C2C(=O)[C@]3(O)C(O)=C(C(N)=O)C(=O)[C@@H](N(C)C)[C@@H]3[C@@H](O)[C@@H]21. The van der Waals surface area contributed by atoms with Gasteiger partial charge in [0.25, 0.3) is 12.0 Å². The number of likely N-dealkylation sites (N-methyl/N-ethyl adjacent to an activating group) is 1. The molecule has 13 heteroatoms. The third kappa shape index (κ3) is 4.09. The molecule has 5 rings (SSSR count). The van der Waals surface area contributed by atoms with Crippen molar-refractivity contribution in [2.24, 2.45) is 17.6 Å². The minimum atomic E-state index is -2.98. The van der Waals surface area contributed by atoms with Gasteiger partial charge in [-0.15, -0.1) is 0 Å². The second-order valence-corrected chi connectivity index (χ2v) is 11.7. The maximum absolute atomic E-state index is 14.1. The number of aliphatic hydroxyl groups is 4. The molecule has 3 aliphatic carbocycles. The number of hydrogen-bond donors (Lipinski definition) is 6. The first-order chi connectivity index (χ1) is 19.6. The van der Waals surface area contributed by atoms with E-state index >= 15 is 0 Å². The van der Waals surface area contributed by atoms with Gasteiger partial charge in [-0.25, -0.2) is 0 Å². The highest BCUT2D eigenvalue weighted by Gasteiger charge is 2.68. The predicted octanol–water partition coefficient (Wildman–Crippen LogP) is 1.24. The van der Waals surface area contributed by atoms with E-state index in [4.69, 9.17) is 5.73 Å². The van der Waals surface area contributed by atoms with E-state index in [-0.39, 0.29) is 36.3 Å². The predicted molar refractivity (Wildman–Crippen MR) is 144 cm³/mol. The molecule has 1 heterocycles. The van der Waals surface area contributed by atoms with Gasteiger partial charge in [0.05, 0.1) is 23.6 Å². The summed E-state index contributed by atoms with van der Waals surface area (Å²) in [6.45, 7) is 2.47. The summed E-state index contributed by atoms with van der Waals surface area (Å²) < 4.78 is 25.9. The Morgan fingerprint density at radius 1 is 1.14 bits per heavy atom. The number of phenols is 1. The highest BCUT2D eigenvalue weighted by molar-refractivity contribution is 6.24. The number of rotatable bonds is 4. The number of Topliss-reactive ketones (excluding diaryl/α,β-unsaturated/α-hetero) is 2. The molecule has 4 aliphatic rings. The molecule has 42 heavy (non-hydrogen) atoms. The second-order valence-electron chi connectivity index (χ2n) is 11.7. The Hall–Kier alpha value is -3.65. The number of aliphatic hydroxyl groups excluding tert-OH is 3. The average Bonchev–Trinajstić information content (AvgIpc) is 2.92. The summed E-state index contributed by atoms with van der Waals surface area (Å²) in [5, 5.41) is 57.2. The Bertz CT molecular complexity index is 1490. The van der Waals surface area contributed by atoms with Gasteiger partial charge in [0, 0.05) is 36.7 Å². The molecule has 0 radical (unpaired) electrons. The zero-order valence-corrected chi connectivity index (χ0v) is 23.3. The highest BCUT2D eigenvalue weighted by atomic mass is 19.3. The molecule has 7 N–H and O–H groups in total. The number of phenolic OH excluding ortho intramolecular Hbond substituents is 1. The number of likely N-dealkylation sites (tertiary alicyclic amines) is 1. The highest BCUT2D eigenvalue weighted by Crippen LogP contribution is 2.56. The van der Waals surface area contributed by atoms with Crippen LogP contribution >= 0.6 is 0 Å². The quantitative estimate of drug-likeness (QED) is 0.279. The number of halogens is 2. The monoisotopic (exact) mass is 589 g/mol. The molecule has 1 saturated carbocycles. The average molecular weight is 590 g/mol. The van der Waals surface area contributed by atoms with Gasteiger partial charge in [-0.05, 0) is 44.0 Å².